The van der Waals surface area contributed by atoms with E-state index in [0.717, 1.165) is 5.75 Å². The molecule has 15 heavy (non-hydrogen) atoms. The summed E-state index contributed by atoms with van der Waals surface area (Å²) in [4.78, 5) is 4.24. The van der Waals surface area contributed by atoms with Gasteiger partial charge in [-0.1, -0.05) is 5.16 Å². The fourth-order valence-electron chi connectivity index (χ4n) is 1.57. The zero-order valence-corrected chi connectivity index (χ0v) is 9.37. The second-order valence-electron chi connectivity index (χ2n) is 3.52. The SMILES string of the molecule is CSCc1noc(C2COCCC2O)n1. The van der Waals surface area contributed by atoms with Gasteiger partial charge >= 0.3 is 0 Å². The molecule has 1 aromatic rings. The molecule has 1 N–H and O–H groups in total. The van der Waals surface area contributed by atoms with Crippen LogP contribution in [-0.4, -0.2) is 40.8 Å². The first kappa shape index (κ1) is 10.9. The molecule has 1 aliphatic heterocycles. The van der Waals surface area contributed by atoms with Crippen LogP contribution in [0.3, 0.4) is 0 Å². The van der Waals surface area contributed by atoms with Crippen molar-refractivity contribution in [2.24, 2.45) is 0 Å². The van der Waals surface area contributed by atoms with Gasteiger partial charge in [0.2, 0.25) is 5.89 Å². The monoisotopic (exact) mass is 230 g/mol. The zero-order valence-electron chi connectivity index (χ0n) is 8.55. The molecule has 2 unspecified atom stereocenters. The molecule has 0 bridgehead atoms. The molecule has 5 nitrogen and oxygen atoms in total. The number of nitrogens with zero attached hydrogens (tertiary/aromatic N) is 2. The molecule has 84 valence electrons. The van der Waals surface area contributed by atoms with E-state index in [4.69, 9.17) is 9.26 Å². The van der Waals surface area contributed by atoms with Crippen LogP contribution in [0.1, 0.15) is 24.1 Å². The molecule has 2 atom stereocenters. The topological polar surface area (TPSA) is 68.4 Å². The lowest BCUT2D eigenvalue weighted by molar-refractivity contribution is -0.0149. The standard InChI is InChI=1S/C9H14N2O3S/c1-15-5-8-10-9(14-11-8)6-4-13-3-2-7(6)12/h6-7,12H,2-5H2,1H3. The first-order valence-electron chi connectivity index (χ1n) is 4.88. The molecule has 6 heteroatoms. The Kier molecular flexibility index (Phi) is 3.61. The van der Waals surface area contributed by atoms with E-state index >= 15 is 0 Å². The number of aliphatic hydroxyl groups is 1. The van der Waals surface area contributed by atoms with Gasteiger partial charge in [0, 0.05) is 6.61 Å². The fourth-order valence-corrected chi connectivity index (χ4v) is 1.94. The molecule has 0 saturated carbocycles. The lowest BCUT2D eigenvalue weighted by atomic mass is 9.99. The van der Waals surface area contributed by atoms with Crippen molar-refractivity contribution in [3.8, 4) is 0 Å². The van der Waals surface area contributed by atoms with E-state index < -0.39 is 6.10 Å². The average Bonchev–Trinajstić information content (AvgIpc) is 2.68. The summed E-state index contributed by atoms with van der Waals surface area (Å²) in [5.74, 6) is 1.73. The van der Waals surface area contributed by atoms with E-state index in [1.54, 1.807) is 11.8 Å². The second kappa shape index (κ2) is 4.96. The molecule has 1 aliphatic rings. The Labute approximate surface area is 92.2 Å². The van der Waals surface area contributed by atoms with E-state index in [-0.39, 0.29) is 5.92 Å². The second-order valence-corrected chi connectivity index (χ2v) is 4.39. The van der Waals surface area contributed by atoms with Gasteiger partial charge in [-0.2, -0.15) is 16.7 Å². The van der Waals surface area contributed by atoms with Gasteiger partial charge in [0.05, 0.1) is 24.4 Å². The van der Waals surface area contributed by atoms with E-state index in [0.29, 0.717) is 31.3 Å². The van der Waals surface area contributed by atoms with Crippen LogP contribution in [0.5, 0.6) is 0 Å². The highest BCUT2D eigenvalue weighted by molar-refractivity contribution is 7.97. The van der Waals surface area contributed by atoms with Gasteiger partial charge in [0.15, 0.2) is 5.82 Å². The molecule has 0 spiro atoms. The predicted molar refractivity (Wildman–Crippen MR) is 55.7 cm³/mol. The predicted octanol–water partition coefficient (Wildman–Crippen LogP) is 0.797. The highest BCUT2D eigenvalue weighted by Gasteiger charge is 2.30. The highest BCUT2D eigenvalue weighted by atomic mass is 32.2. The minimum atomic E-state index is -0.429. The summed E-state index contributed by atoms with van der Waals surface area (Å²) >= 11 is 1.64. The van der Waals surface area contributed by atoms with Gasteiger partial charge in [0.25, 0.3) is 0 Å². The summed E-state index contributed by atoms with van der Waals surface area (Å²) in [7, 11) is 0. The Balaban J connectivity index is 2.06. The third-order valence-corrected chi connectivity index (χ3v) is 2.94. The van der Waals surface area contributed by atoms with Crippen LogP contribution < -0.4 is 0 Å². The van der Waals surface area contributed by atoms with Gasteiger partial charge in [-0.3, -0.25) is 0 Å². The summed E-state index contributed by atoms with van der Waals surface area (Å²) in [5.41, 5.74) is 0. The first-order valence-corrected chi connectivity index (χ1v) is 6.28. The Morgan fingerprint density at radius 3 is 3.20 bits per heavy atom. The van der Waals surface area contributed by atoms with Crippen molar-refractivity contribution in [3.05, 3.63) is 11.7 Å². The Bertz CT molecular complexity index is 318. The molecule has 0 aromatic carbocycles. The van der Waals surface area contributed by atoms with Gasteiger partial charge in [-0.25, -0.2) is 0 Å². The van der Waals surface area contributed by atoms with Crippen LogP contribution >= 0.6 is 11.8 Å². The third kappa shape index (κ3) is 2.50. The Morgan fingerprint density at radius 2 is 2.47 bits per heavy atom. The maximum absolute atomic E-state index is 9.75. The molecule has 0 radical (unpaired) electrons. The minimum Gasteiger partial charge on any atom is -0.392 e. The van der Waals surface area contributed by atoms with Gasteiger partial charge < -0.3 is 14.4 Å². The van der Waals surface area contributed by atoms with Crippen LogP contribution in [0.2, 0.25) is 0 Å². The number of hydrogen-bond acceptors (Lipinski definition) is 6. The van der Waals surface area contributed by atoms with Crippen LogP contribution in [0.25, 0.3) is 0 Å². The van der Waals surface area contributed by atoms with Gasteiger partial charge in [0.1, 0.15) is 0 Å². The lowest BCUT2D eigenvalue weighted by Gasteiger charge is -2.24. The molecule has 1 aromatic heterocycles. The van der Waals surface area contributed by atoms with Crippen molar-refractivity contribution >= 4 is 11.8 Å². The smallest absolute Gasteiger partial charge is 0.234 e. The summed E-state index contributed by atoms with van der Waals surface area (Å²) < 4.78 is 10.4. The average molecular weight is 230 g/mol. The summed E-state index contributed by atoms with van der Waals surface area (Å²) in [5, 5.41) is 13.6. The molecule has 2 rings (SSSR count). The van der Waals surface area contributed by atoms with Gasteiger partial charge in [-0.15, -0.1) is 0 Å². The van der Waals surface area contributed by atoms with Crippen LogP contribution in [-0.2, 0) is 10.5 Å². The Hall–Kier alpha value is -0.590. The van der Waals surface area contributed by atoms with E-state index in [2.05, 4.69) is 10.1 Å². The van der Waals surface area contributed by atoms with Crippen LogP contribution in [0, 0.1) is 0 Å². The molecular weight excluding hydrogens is 216 g/mol. The molecule has 0 aliphatic carbocycles. The van der Waals surface area contributed by atoms with Crippen molar-refractivity contribution in [1.29, 1.82) is 0 Å². The highest BCUT2D eigenvalue weighted by Crippen LogP contribution is 2.24. The normalized spacial score (nSPS) is 26.8. The van der Waals surface area contributed by atoms with Crippen molar-refractivity contribution in [1.82, 2.24) is 10.1 Å². The largest absolute Gasteiger partial charge is 0.392 e. The number of thioether (sulfide) groups is 1. The molecule has 1 fully saturated rings. The maximum Gasteiger partial charge on any atom is 0.234 e. The number of aliphatic hydroxyl groups excluding tert-OH is 1. The number of aromatic nitrogens is 2. The quantitative estimate of drug-likeness (QED) is 0.828. The summed E-state index contributed by atoms with van der Waals surface area (Å²) in [6.45, 7) is 1.06. The van der Waals surface area contributed by atoms with E-state index in [1.807, 2.05) is 6.26 Å². The third-order valence-electron chi connectivity index (χ3n) is 2.39. The number of rotatable bonds is 3. The van der Waals surface area contributed by atoms with Crippen LogP contribution in [0.4, 0.5) is 0 Å². The zero-order chi connectivity index (χ0) is 10.7. The van der Waals surface area contributed by atoms with Crippen molar-refractivity contribution in [2.75, 3.05) is 19.5 Å². The molecular formula is C9H14N2O3S. The van der Waals surface area contributed by atoms with E-state index in [9.17, 15) is 5.11 Å². The molecule has 0 amide bonds. The molecule has 1 saturated heterocycles. The number of ether oxygens (including phenoxy) is 1. The maximum atomic E-state index is 9.75. The summed E-state index contributed by atoms with van der Waals surface area (Å²) in [6, 6.07) is 0. The van der Waals surface area contributed by atoms with Crippen LogP contribution in [0.15, 0.2) is 4.52 Å². The van der Waals surface area contributed by atoms with Gasteiger partial charge in [-0.05, 0) is 12.7 Å². The minimum absolute atomic E-state index is 0.165. The Morgan fingerprint density at radius 1 is 1.60 bits per heavy atom. The number of hydrogen-bond donors (Lipinski definition) is 1. The van der Waals surface area contributed by atoms with Crippen molar-refractivity contribution < 1.29 is 14.4 Å². The van der Waals surface area contributed by atoms with Crippen molar-refractivity contribution in [3.63, 3.8) is 0 Å². The molecule has 2 heterocycles. The van der Waals surface area contributed by atoms with E-state index in [1.165, 1.54) is 0 Å². The van der Waals surface area contributed by atoms with Crippen molar-refractivity contribution in [2.45, 2.75) is 24.2 Å². The fraction of sp³-hybridized carbons (Fsp3) is 0.778. The first-order chi connectivity index (χ1) is 7.31. The lowest BCUT2D eigenvalue weighted by Crippen LogP contribution is -2.30. The summed E-state index contributed by atoms with van der Waals surface area (Å²) in [6.07, 6.45) is 2.18.